The Kier molecular flexibility index (Phi) is 7.43. The quantitative estimate of drug-likeness (QED) is 0.497. The van der Waals surface area contributed by atoms with E-state index >= 15 is 0 Å². The summed E-state index contributed by atoms with van der Waals surface area (Å²) in [5.41, 5.74) is 3.60. The molecule has 3 aromatic carbocycles. The molecule has 1 fully saturated rings. The van der Waals surface area contributed by atoms with Crippen molar-refractivity contribution in [2.24, 2.45) is 0 Å². The summed E-state index contributed by atoms with van der Waals surface area (Å²) in [7, 11) is 3.18. The lowest BCUT2D eigenvalue weighted by molar-refractivity contribution is -0.128. The Hall–Kier alpha value is -3.45. The second kappa shape index (κ2) is 10.7. The fourth-order valence-corrected chi connectivity index (χ4v) is 5.15. The van der Waals surface area contributed by atoms with Crippen molar-refractivity contribution in [3.63, 3.8) is 0 Å². The lowest BCUT2D eigenvalue weighted by Crippen LogP contribution is -2.28. The first kappa shape index (κ1) is 23.7. The van der Waals surface area contributed by atoms with E-state index in [1.807, 2.05) is 84.6 Å². The molecule has 0 aromatic heterocycles. The zero-order chi connectivity index (χ0) is 24.1. The molecule has 3 aromatic rings. The Morgan fingerprint density at radius 3 is 2.41 bits per heavy atom. The zero-order valence-electron chi connectivity index (χ0n) is 19.5. The fraction of sp³-hybridized carbons (Fsp3) is 0.259. The molecule has 7 heteroatoms. The number of hydrogen-bond donors (Lipinski definition) is 1. The molecule has 6 nitrogen and oxygen atoms in total. The van der Waals surface area contributed by atoms with Crippen LogP contribution < -0.4 is 14.8 Å². The second-order valence-corrected chi connectivity index (χ2v) is 9.17. The van der Waals surface area contributed by atoms with E-state index in [1.54, 1.807) is 26.0 Å². The summed E-state index contributed by atoms with van der Waals surface area (Å²) in [6.45, 7) is 2.50. The normalized spacial score (nSPS) is 16.3. The average Bonchev–Trinajstić information content (AvgIpc) is 3.23. The largest absolute Gasteiger partial charge is 0.493 e. The molecular weight excluding hydrogens is 448 g/mol. The first-order valence-corrected chi connectivity index (χ1v) is 12.1. The standard InChI is InChI=1S/C27H28N2O4S/c1-18(22-13-14-23(32-2)24(15-22)33-3)28-26(31)20-9-11-21(12-10-20)27-29(25(30)17-34-27)16-19-7-5-4-6-8-19/h4-15,18,27H,16-17H2,1-3H3,(H,28,31)/t18-,27-/m0/s1. The monoisotopic (exact) mass is 476 g/mol. The van der Waals surface area contributed by atoms with Crippen LogP contribution in [0.25, 0.3) is 0 Å². The fourth-order valence-electron chi connectivity index (χ4n) is 3.97. The molecule has 0 unspecified atom stereocenters. The van der Waals surface area contributed by atoms with Crippen LogP contribution in [0.5, 0.6) is 11.5 Å². The molecule has 34 heavy (non-hydrogen) atoms. The summed E-state index contributed by atoms with van der Waals surface area (Å²) in [4.78, 5) is 27.3. The molecule has 2 atom stereocenters. The van der Waals surface area contributed by atoms with E-state index < -0.39 is 0 Å². The first-order chi connectivity index (χ1) is 16.5. The summed E-state index contributed by atoms with van der Waals surface area (Å²) in [5.74, 6) is 1.69. The highest BCUT2D eigenvalue weighted by atomic mass is 32.2. The van der Waals surface area contributed by atoms with Crippen molar-refractivity contribution in [2.45, 2.75) is 24.9 Å². The van der Waals surface area contributed by atoms with Gasteiger partial charge in [-0.1, -0.05) is 48.5 Å². The highest BCUT2D eigenvalue weighted by molar-refractivity contribution is 8.00. The summed E-state index contributed by atoms with van der Waals surface area (Å²) >= 11 is 1.61. The van der Waals surface area contributed by atoms with Crippen molar-refractivity contribution in [1.29, 1.82) is 0 Å². The molecule has 2 amide bonds. The molecule has 1 aliphatic rings. The Balaban J connectivity index is 1.43. The van der Waals surface area contributed by atoms with Gasteiger partial charge in [0.05, 0.1) is 26.0 Å². The van der Waals surface area contributed by atoms with Gasteiger partial charge in [0.25, 0.3) is 5.91 Å². The van der Waals surface area contributed by atoms with Crippen molar-refractivity contribution in [3.05, 3.63) is 95.1 Å². The number of rotatable bonds is 8. The molecule has 0 radical (unpaired) electrons. The average molecular weight is 477 g/mol. The Labute approximate surface area is 204 Å². The first-order valence-electron chi connectivity index (χ1n) is 11.1. The van der Waals surface area contributed by atoms with Crippen LogP contribution in [0, 0.1) is 0 Å². The number of ether oxygens (including phenoxy) is 2. The van der Waals surface area contributed by atoms with Gasteiger partial charge >= 0.3 is 0 Å². The lowest BCUT2D eigenvalue weighted by atomic mass is 10.1. The highest BCUT2D eigenvalue weighted by Gasteiger charge is 2.32. The molecule has 0 bridgehead atoms. The van der Waals surface area contributed by atoms with E-state index in [1.165, 1.54) is 0 Å². The van der Waals surface area contributed by atoms with Gasteiger partial charge in [0, 0.05) is 12.1 Å². The minimum Gasteiger partial charge on any atom is -0.493 e. The molecule has 4 rings (SSSR count). The molecule has 0 saturated carbocycles. The summed E-state index contributed by atoms with van der Waals surface area (Å²) < 4.78 is 10.6. The van der Waals surface area contributed by atoms with E-state index in [4.69, 9.17) is 9.47 Å². The van der Waals surface area contributed by atoms with Crippen molar-refractivity contribution >= 4 is 23.6 Å². The van der Waals surface area contributed by atoms with Gasteiger partial charge in [-0.2, -0.15) is 0 Å². The smallest absolute Gasteiger partial charge is 0.251 e. The molecule has 1 heterocycles. The van der Waals surface area contributed by atoms with Crippen LogP contribution in [0.4, 0.5) is 0 Å². The number of methoxy groups -OCH3 is 2. The number of nitrogens with one attached hydrogen (secondary N) is 1. The van der Waals surface area contributed by atoms with Gasteiger partial charge in [0.15, 0.2) is 11.5 Å². The highest BCUT2D eigenvalue weighted by Crippen LogP contribution is 2.39. The number of nitrogens with zero attached hydrogens (tertiary/aromatic N) is 1. The third-order valence-corrected chi connectivity index (χ3v) is 7.13. The van der Waals surface area contributed by atoms with Crippen molar-refractivity contribution in [1.82, 2.24) is 10.2 Å². The molecule has 0 aliphatic carbocycles. The van der Waals surface area contributed by atoms with E-state index in [0.29, 0.717) is 29.4 Å². The van der Waals surface area contributed by atoms with Crippen LogP contribution in [0.3, 0.4) is 0 Å². The molecule has 1 aliphatic heterocycles. The minimum absolute atomic E-state index is 0.0597. The maximum Gasteiger partial charge on any atom is 0.251 e. The van der Waals surface area contributed by atoms with Crippen LogP contribution in [-0.2, 0) is 11.3 Å². The molecule has 0 spiro atoms. The van der Waals surface area contributed by atoms with Gasteiger partial charge < -0.3 is 19.7 Å². The zero-order valence-corrected chi connectivity index (χ0v) is 20.3. The van der Waals surface area contributed by atoms with E-state index in [2.05, 4.69) is 5.32 Å². The summed E-state index contributed by atoms with van der Waals surface area (Å²) in [5, 5.41) is 2.97. The summed E-state index contributed by atoms with van der Waals surface area (Å²) in [6, 6.07) is 22.9. The number of carbonyl (C=O) groups is 2. The van der Waals surface area contributed by atoms with Gasteiger partial charge in [0.2, 0.25) is 5.91 Å². The maximum atomic E-state index is 12.9. The van der Waals surface area contributed by atoms with Crippen LogP contribution in [0.2, 0.25) is 0 Å². The van der Waals surface area contributed by atoms with E-state index in [9.17, 15) is 9.59 Å². The number of amides is 2. The molecular formula is C27H28N2O4S. The van der Waals surface area contributed by atoms with E-state index in [-0.39, 0.29) is 23.2 Å². The predicted molar refractivity (Wildman–Crippen MR) is 134 cm³/mol. The van der Waals surface area contributed by atoms with Gasteiger partial charge in [0.1, 0.15) is 5.37 Å². The van der Waals surface area contributed by atoms with Crippen LogP contribution in [0.15, 0.2) is 72.8 Å². The van der Waals surface area contributed by atoms with Crippen molar-refractivity contribution in [3.8, 4) is 11.5 Å². The predicted octanol–water partition coefficient (Wildman–Crippen LogP) is 4.97. The van der Waals surface area contributed by atoms with E-state index in [0.717, 1.165) is 16.7 Å². The lowest BCUT2D eigenvalue weighted by Gasteiger charge is -2.24. The minimum atomic E-state index is -0.212. The van der Waals surface area contributed by atoms with Crippen LogP contribution >= 0.6 is 11.8 Å². The molecule has 1 saturated heterocycles. The summed E-state index contributed by atoms with van der Waals surface area (Å²) in [6.07, 6.45) is 0. The Morgan fingerprint density at radius 2 is 1.74 bits per heavy atom. The second-order valence-electron chi connectivity index (χ2n) is 8.10. The van der Waals surface area contributed by atoms with Crippen molar-refractivity contribution < 1.29 is 19.1 Å². The number of hydrogen-bond acceptors (Lipinski definition) is 5. The van der Waals surface area contributed by atoms with Gasteiger partial charge in [-0.3, -0.25) is 9.59 Å². The van der Waals surface area contributed by atoms with Crippen LogP contribution in [0.1, 0.15) is 45.4 Å². The number of carbonyl (C=O) groups excluding carboxylic acids is 2. The van der Waals surface area contributed by atoms with Gasteiger partial charge in [-0.15, -0.1) is 11.8 Å². The maximum absolute atomic E-state index is 12.9. The van der Waals surface area contributed by atoms with Gasteiger partial charge in [-0.25, -0.2) is 0 Å². The SMILES string of the molecule is COc1ccc([C@H](C)NC(=O)c2ccc([C@@H]3SCC(=O)N3Cc3ccccc3)cc2)cc1OC. The molecule has 176 valence electrons. The Morgan fingerprint density at radius 1 is 1.03 bits per heavy atom. The van der Waals surface area contributed by atoms with Crippen LogP contribution in [-0.4, -0.2) is 36.7 Å². The topological polar surface area (TPSA) is 67.9 Å². The van der Waals surface area contributed by atoms with Gasteiger partial charge in [-0.05, 0) is 47.9 Å². The Bertz CT molecular complexity index is 1150. The molecule has 1 N–H and O–H groups in total. The van der Waals surface area contributed by atoms with Crippen molar-refractivity contribution in [2.75, 3.05) is 20.0 Å². The number of thioether (sulfide) groups is 1. The third-order valence-electron chi connectivity index (χ3n) is 5.88. The third kappa shape index (κ3) is 5.20. The number of benzene rings is 3.